The number of amides is 1. The lowest BCUT2D eigenvalue weighted by atomic mass is 9.90. The maximum atomic E-state index is 13.3. The third-order valence-electron chi connectivity index (χ3n) is 7.07. The minimum absolute atomic E-state index is 0.0312. The highest BCUT2D eigenvalue weighted by molar-refractivity contribution is 7.92. The second kappa shape index (κ2) is 10.0. The quantitative estimate of drug-likeness (QED) is 0.452. The summed E-state index contributed by atoms with van der Waals surface area (Å²) in [6.07, 6.45) is 4.52. The average Bonchev–Trinajstić information content (AvgIpc) is 2.89. The van der Waals surface area contributed by atoms with Gasteiger partial charge in [0.1, 0.15) is 0 Å². The summed E-state index contributed by atoms with van der Waals surface area (Å²) in [5.74, 6) is 0.625. The van der Waals surface area contributed by atoms with E-state index in [-0.39, 0.29) is 10.8 Å². The summed E-state index contributed by atoms with van der Waals surface area (Å²) in [5.41, 5.74) is 3.55. The van der Waals surface area contributed by atoms with Gasteiger partial charge in [0, 0.05) is 30.2 Å². The molecule has 0 bridgehead atoms. The van der Waals surface area contributed by atoms with Crippen LogP contribution in [0.4, 0.5) is 5.69 Å². The van der Waals surface area contributed by atoms with Crippen LogP contribution in [0.2, 0.25) is 5.02 Å². The molecule has 7 heteroatoms. The monoisotopic (exact) mass is 508 g/mol. The molecule has 0 spiro atoms. The molecule has 0 radical (unpaired) electrons. The fourth-order valence-corrected chi connectivity index (χ4v) is 6.82. The highest BCUT2D eigenvalue weighted by atomic mass is 35.5. The highest BCUT2D eigenvalue weighted by Gasteiger charge is 2.30. The number of halogens is 1. The van der Waals surface area contributed by atoms with Gasteiger partial charge >= 0.3 is 0 Å². The van der Waals surface area contributed by atoms with Crippen LogP contribution >= 0.6 is 11.6 Å². The number of benzene rings is 3. The maximum Gasteiger partial charge on any atom is 0.264 e. The standard InChI is InChI=1S/C28H29ClN2O3S/c29-25-9-11-26(12-10-25)35(33,34)31-16-4-7-23-20-24(8-13-27(23)31)28(32)30-17-14-22(15-18-30)19-21-5-2-1-3-6-21/h1-3,5-6,8-13,20,22H,4,7,14-19H2. The van der Waals surface area contributed by atoms with E-state index in [1.807, 2.05) is 17.0 Å². The number of hydrogen-bond acceptors (Lipinski definition) is 3. The van der Waals surface area contributed by atoms with E-state index in [4.69, 9.17) is 11.6 Å². The summed E-state index contributed by atoms with van der Waals surface area (Å²) in [6.45, 7) is 1.93. The summed E-state index contributed by atoms with van der Waals surface area (Å²) in [6, 6.07) is 22.2. The molecule has 3 aromatic rings. The second-order valence-corrected chi connectivity index (χ2v) is 11.7. The van der Waals surface area contributed by atoms with Gasteiger partial charge in [-0.15, -0.1) is 0 Å². The molecule has 0 saturated carbocycles. The average molecular weight is 509 g/mol. The molecular formula is C28H29ClN2O3S. The van der Waals surface area contributed by atoms with Crippen LogP contribution in [0.3, 0.4) is 0 Å². The number of hydrogen-bond donors (Lipinski definition) is 0. The molecule has 2 heterocycles. The van der Waals surface area contributed by atoms with Crippen LogP contribution in [-0.2, 0) is 22.9 Å². The molecule has 2 aliphatic rings. The number of sulfonamides is 1. The number of fused-ring (bicyclic) bond motifs is 1. The molecule has 1 fully saturated rings. The van der Waals surface area contributed by atoms with Crippen LogP contribution < -0.4 is 4.31 Å². The van der Waals surface area contributed by atoms with Gasteiger partial charge in [0.15, 0.2) is 0 Å². The third-order valence-corrected chi connectivity index (χ3v) is 9.15. The Bertz CT molecular complexity index is 1300. The molecule has 0 unspecified atom stereocenters. The van der Waals surface area contributed by atoms with E-state index in [1.54, 1.807) is 24.3 Å². The van der Waals surface area contributed by atoms with Gasteiger partial charge in [0.25, 0.3) is 15.9 Å². The van der Waals surface area contributed by atoms with E-state index in [0.29, 0.717) is 35.2 Å². The van der Waals surface area contributed by atoms with Crippen LogP contribution in [0.15, 0.2) is 77.7 Å². The van der Waals surface area contributed by atoms with Crippen molar-refractivity contribution in [3.8, 4) is 0 Å². The number of piperidine rings is 1. The van der Waals surface area contributed by atoms with E-state index in [2.05, 4.69) is 24.3 Å². The molecular weight excluding hydrogens is 480 g/mol. The van der Waals surface area contributed by atoms with Crippen molar-refractivity contribution in [2.45, 2.75) is 37.0 Å². The molecule has 2 aliphatic heterocycles. The molecule has 182 valence electrons. The van der Waals surface area contributed by atoms with Crippen molar-refractivity contribution in [3.05, 3.63) is 94.5 Å². The Kier molecular flexibility index (Phi) is 6.85. The Labute approximate surface area is 212 Å². The number of carbonyl (C=O) groups excluding carboxylic acids is 1. The smallest absolute Gasteiger partial charge is 0.264 e. The van der Waals surface area contributed by atoms with Gasteiger partial charge in [-0.05, 0) is 91.6 Å². The SMILES string of the molecule is O=C(c1ccc2c(c1)CCCN2S(=O)(=O)c1ccc(Cl)cc1)N1CCC(Cc2ccccc2)CC1. The van der Waals surface area contributed by atoms with Gasteiger partial charge < -0.3 is 4.90 Å². The van der Waals surface area contributed by atoms with Crippen molar-refractivity contribution in [3.63, 3.8) is 0 Å². The Morgan fingerprint density at radius 3 is 2.34 bits per heavy atom. The highest BCUT2D eigenvalue weighted by Crippen LogP contribution is 2.33. The molecule has 0 N–H and O–H groups in total. The summed E-state index contributed by atoms with van der Waals surface area (Å²) in [5, 5.41) is 0.496. The fraction of sp³-hybridized carbons (Fsp3) is 0.321. The van der Waals surface area contributed by atoms with Gasteiger partial charge in [-0.1, -0.05) is 41.9 Å². The van der Waals surface area contributed by atoms with Crippen molar-refractivity contribution in [2.24, 2.45) is 5.92 Å². The number of anilines is 1. The second-order valence-electron chi connectivity index (χ2n) is 9.40. The zero-order chi connectivity index (χ0) is 24.4. The lowest BCUT2D eigenvalue weighted by molar-refractivity contribution is 0.0690. The van der Waals surface area contributed by atoms with Crippen LogP contribution in [0.5, 0.6) is 0 Å². The normalized spacial score (nSPS) is 16.7. The van der Waals surface area contributed by atoms with Crippen LogP contribution in [-0.4, -0.2) is 38.9 Å². The zero-order valence-electron chi connectivity index (χ0n) is 19.6. The molecule has 3 aromatic carbocycles. The molecule has 35 heavy (non-hydrogen) atoms. The molecule has 1 saturated heterocycles. The number of rotatable bonds is 5. The molecule has 5 nitrogen and oxygen atoms in total. The lowest BCUT2D eigenvalue weighted by Crippen LogP contribution is -2.39. The summed E-state index contributed by atoms with van der Waals surface area (Å²) in [4.78, 5) is 15.4. The zero-order valence-corrected chi connectivity index (χ0v) is 21.1. The van der Waals surface area contributed by atoms with Crippen LogP contribution in [0.25, 0.3) is 0 Å². The van der Waals surface area contributed by atoms with E-state index >= 15 is 0 Å². The first-order valence-corrected chi connectivity index (χ1v) is 14.0. The molecule has 0 aromatic heterocycles. The fourth-order valence-electron chi connectivity index (χ4n) is 5.15. The van der Waals surface area contributed by atoms with Gasteiger partial charge in [-0.3, -0.25) is 9.10 Å². The van der Waals surface area contributed by atoms with Crippen molar-refractivity contribution in [2.75, 3.05) is 23.9 Å². The van der Waals surface area contributed by atoms with E-state index in [1.165, 1.54) is 22.0 Å². The minimum Gasteiger partial charge on any atom is -0.339 e. The first kappa shape index (κ1) is 23.9. The van der Waals surface area contributed by atoms with Crippen LogP contribution in [0, 0.1) is 5.92 Å². The maximum absolute atomic E-state index is 13.3. The Hall–Kier alpha value is -2.83. The van der Waals surface area contributed by atoms with Gasteiger partial charge in [-0.2, -0.15) is 0 Å². The number of likely N-dealkylation sites (tertiary alicyclic amines) is 1. The Morgan fingerprint density at radius 2 is 1.63 bits per heavy atom. The van der Waals surface area contributed by atoms with Gasteiger partial charge in [0.2, 0.25) is 0 Å². The molecule has 1 amide bonds. The molecule has 0 atom stereocenters. The largest absolute Gasteiger partial charge is 0.339 e. The number of nitrogens with zero attached hydrogens (tertiary/aromatic N) is 2. The summed E-state index contributed by atoms with van der Waals surface area (Å²) < 4.78 is 28.1. The van der Waals surface area contributed by atoms with Gasteiger partial charge in [-0.25, -0.2) is 8.42 Å². The predicted molar refractivity (Wildman–Crippen MR) is 140 cm³/mol. The minimum atomic E-state index is -3.70. The third kappa shape index (κ3) is 5.09. The Balaban J connectivity index is 1.29. The van der Waals surface area contributed by atoms with E-state index in [0.717, 1.165) is 44.3 Å². The van der Waals surface area contributed by atoms with E-state index in [9.17, 15) is 13.2 Å². The topological polar surface area (TPSA) is 57.7 Å². The van der Waals surface area contributed by atoms with E-state index < -0.39 is 10.0 Å². The predicted octanol–water partition coefficient (Wildman–Crippen LogP) is 5.58. The van der Waals surface area contributed by atoms with Crippen molar-refractivity contribution >= 4 is 33.2 Å². The lowest BCUT2D eigenvalue weighted by Gasteiger charge is -2.33. The van der Waals surface area contributed by atoms with Crippen molar-refractivity contribution in [1.29, 1.82) is 0 Å². The number of aryl methyl sites for hydroxylation is 1. The molecule has 0 aliphatic carbocycles. The van der Waals surface area contributed by atoms with Crippen molar-refractivity contribution < 1.29 is 13.2 Å². The first-order valence-electron chi connectivity index (χ1n) is 12.2. The Morgan fingerprint density at radius 1 is 0.914 bits per heavy atom. The number of carbonyl (C=O) groups is 1. The summed E-state index contributed by atoms with van der Waals surface area (Å²) >= 11 is 5.94. The van der Waals surface area contributed by atoms with Crippen LogP contribution in [0.1, 0.15) is 40.7 Å². The molecule has 5 rings (SSSR count). The first-order chi connectivity index (χ1) is 16.9. The summed E-state index contributed by atoms with van der Waals surface area (Å²) in [7, 11) is -3.70. The van der Waals surface area contributed by atoms with Crippen molar-refractivity contribution in [1.82, 2.24) is 4.90 Å². The van der Waals surface area contributed by atoms with Gasteiger partial charge in [0.05, 0.1) is 10.6 Å².